The molecule has 0 aliphatic rings. The monoisotopic (exact) mass is 304 g/mol. The van der Waals surface area contributed by atoms with E-state index in [0.717, 1.165) is 32.8 Å². The van der Waals surface area contributed by atoms with Crippen LogP contribution in [0.1, 0.15) is 11.4 Å². The van der Waals surface area contributed by atoms with E-state index in [-0.39, 0.29) is 0 Å². The third kappa shape index (κ3) is 2.28. The molecule has 4 rings (SSSR count). The number of aromatic nitrogens is 2. The Morgan fingerprint density at radius 3 is 2.59 bits per heavy atom. The van der Waals surface area contributed by atoms with E-state index in [1.54, 1.807) is 0 Å². The van der Waals surface area contributed by atoms with Crippen LogP contribution in [0.5, 0.6) is 0 Å². The van der Waals surface area contributed by atoms with Crippen LogP contribution in [0.3, 0.4) is 0 Å². The summed E-state index contributed by atoms with van der Waals surface area (Å²) in [6.07, 6.45) is 3.98. The number of nitrogens with one attached hydrogen (secondary N) is 1. The summed E-state index contributed by atoms with van der Waals surface area (Å²) in [6.45, 7) is 0. The fourth-order valence-electron chi connectivity index (χ4n) is 2.65. The van der Waals surface area contributed by atoms with Gasteiger partial charge in [0, 0.05) is 10.6 Å². The molecule has 3 heteroatoms. The van der Waals surface area contributed by atoms with Gasteiger partial charge in [-0.2, -0.15) is 0 Å². The first-order valence-electron chi connectivity index (χ1n) is 7.11. The van der Waals surface area contributed by atoms with Crippen molar-refractivity contribution in [2.24, 2.45) is 0 Å². The molecule has 1 heterocycles. The van der Waals surface area contributed by atoms with Crippen molar-refractivity contribution in [2.45, 2.75) is 0 Å². The standard InChI is InChI=1S/C19H13ClN2/c20-16-11-9-13-5-1-2-6-14(13)15(16)10-12-19-21-17-7-3-4-8-18(17)22-19/h1-12H,(H,21,22)/b12-10+. The zero-order valence-corrected chi connectivity index (χ0v) is 12.5. The van der Waals surface area contributed by atoms with Gasteiger partial charge in [-0.3, -0.25) is 0 Å². The Bertz CT molecular complexity index is 966. The zero-order chi connectivity index (χ0) is 14.9. The molecular weight excluding hydrogens is 292 g/mol. The first-order chi connectivity index (χ1) is 10.8. The minimum atomic E-state index is 0.742. The average Bonchev–Trinajstić information content (AvgIpc) is 2.97. The number of para-hydroxylation sites is 2. The molecule has 106 valence electrons. The number of benzene rings is 3. The van der Waals surface area contributed by atoms with Crippen molar-refractivity contribution in [1.82, 2.24) is 9.97 Å². The maximum Gasteiger partial charge on any atom is 0.131 e. The van der Waals surface area contributed by atoms with Crippen LogP contribution in [0.2, 0.25) is 5.02 Å². The van der Waals surface area contributed by atoms with Crippen molar-refractivity contribution in [3.8, 4) is 0 Å². The van der Waals surface area contributed by atoms with Gasteiger partial charge in [-0.25, -0.2) is 4.98 Å². The van der Waals surface area contributed by atoms with Gasteiger partial charge in [0.1, 0.15) is 5.82 Å². The smallest absolute Gasteiger partial charge is 0.131 e. The number of fused-ring (bicyclic) bond motifs is 2. The second-order valence-electron chi connectivity index (χ2n) is 5.15. The van der Waals surface area contributed by atoms with Gasteiger partial charge in [0.05, 0.1) is 11.0 Å². The Balaban J connectivity index is 1.81. The van der Waals surface area contributed by atoms with Crippen LogP contribution in [0.25, 0.3) is 34.0 Å². The van der Waals surface area contributed by atoms with E-state index in [4.69, 9.17) is 11.6 Å². The van der Waals surface area contributed by atoms with Crippen LogP contribution in [0, 0.1) is 0 Å². The fraction of sp³-hybridized carbons (Fsp3) is 0. The molecule has 3 aromatic carbocycles. The Labute approximate surface area is 133 Å². The minimum Gasteiger partial charge on any atom is -0.338 e. The summed E-state index contributed by atoms with van der Waals surface area (Å²) in [6, 6.07) is 20.2. The molecule has 0 fully saturated rings. The summed E-state index contributed by atoms with van der Waals surface area (Å²) < 4.78 is 0. The lowest BCUT2D eigenvalue weighted by Crippen LogP contribution is -1.81. The van der Waals surface area contributed by atoms with Crippen LogP contribution in [-0.4, -0.2) is 9.97 Å². The van der Waals surface area contributed by atoms with E-state index in [1.807, 2.05) is 60.7 Å². The molecule has 0 saturated heterocycles. The highest BCUT2D eigenvalue weighted by Crippen LogP contribution is 2.27. The number of hydrogen-bond donors (Lipinski definition) is 1. The Morgan fingerprint density at radius 2 is 1.68 bits per heavy atom. The van der Waals surface area contributed by atoms with Gasteiger partial charge >= 0.3 is 0 Å². The number of halogens is 1. The SMILES string of the molecule is Clc1ccc2ccccc2c1/C=C/c1nc2ccccc2[nH]1. The molecule has 0 unspecified atom stereocenters. The molecule has 0 saturated carbocycles. The number of aromatic amines is 1. The van der Waals surface area contributed by atoms with Crippen LogP contribution < -0.4 is 0 Å². The third-order valence-electron chi connectivity index (χ3n) is 3.73. The fourth-order valence-corrected chi connectivity index (χ4v) is 2.88. The Hall–Kier alpha value is -2.58. The second kappa shape index (κ2) is 5.32. The maximum atomic E-state index is 6.37. The van der Waals surface area contributed by atoms with Crippen molar-refractivity contribution < 1.29 is 0 Å². The summed E-state index contributed by atoms with van der Waals surface area (Å²) in [5, 5.41) is 3.06. The molecule has 22 heavy (non-hydrogen) atoms. The molecule has 0 aliphatic heterocycles. The van der Waals surface area contributed by atoms with Gasteiger partial charge in [0.15, 0.2) is 0 Å². The minimum absolute atomic E-state index is 0.742. The predicted octanol–water partition coefficient (Wildman–Crippen LogP) is 5.54. The molecule has 1 aromatic heterocycles. The first kappa shape index (κ1) is 13.1. The van der Waals surface area contributed by atoms with E-state index in [0.29, 0.717) is 0 Å². The van der Waals surface area contributed by atoms with Crippen LogP contribution in [-0.2, 0) is 0 Å². The number of H-pyrrole nitrogens is 1. The van der Waals surface area contributed by atoms with Gasteiger partial charge in [-0.1, -0.05) is 54.1 Å². The predicted molar refractivity (Wildman–Crippen MR) is 94.0 cm³/mol. The van der Waals surface area contributed by atoms with Gasteiger partial charge in [0.2, 0.25) is 0 Å². The molecule has 2 nitrogen and oxygen atoms in total. The van der Waals surface area contributed by atoms with E-state index in [1.165, 1.54) is 5.39 Å². The van der Waals surface area contributed by atoms with Gasteiger partial charge in [-0.15, -0.1) is 0 Å². The number of imidazole rings is 1. The van der Waals surface area contributed by atoms with Crippen molar-refractivity contribution in [3.05, 3.63) is 77.1 Å². The van der Waals surface area contributed by atoms with Crippen molar-refractivity contribution >= 4 is 45.6 Å². The van der Waals surface area contributed by atoms with E-state index >= 15 is 0 Å². The third-order valence-corrected chi connectivity index (χ3v) is 4.06. The summed E-state index contributed by atoms with van der Waals surface area (Å²) in [5.74, 6) is 0.824. The molecule has 1 N–H and O–H groups in total. The molecule has 0 aliphatic carbocycles. The maximum absolute atomic E-state index is 6.37. The van der Waals surface area contributed by atoms with Gasteiger partial charge < -0.3 is 4.98 Å². The lowest BCUT2D eigenvalue weighted by atomic mass is 10.0. The molecule has 0 amide bonds. The van der Waals surface area contributed by atoms with E-state index in [9.17, 15) is 0 Å². The van der Waals surface area contributed by atoms with Crippen molar-refractivity contribution in [1.29, 1.82) is 0 Å². The molecule has 0 spiro atoms. The molecule has 0 atom stereocenters. The molecule has 4 aromatic rings. The quantitative estimate of drug-likeness (QED) is 0.517. The first-order valence-corrected chi connectivity index (χ1v) is 7.49. The summed E-state index contributed by atoms with van der Waals surface area (Å²) in [5.41, 5.74) is 3.01. The highest BCUT2D eigenvalue weighted by atomic mass is 35.5. The number of nitrogens with zero attached hydrogens (tertiary/aromatic N) is 1. The lowest BCUT2D eigenvalue weighted by molar-refractivity contribution is 1.29. The zero-order valence-electron chi connectivity index (χ0n) is 11.8. The molecular formula is C19H13ClN2. The topological polar surface area (TPSA) is 28.7 Å². The van der Waals surface area contributed by atoms with Crippen LogP contribution >= 0.6 is 11.6 Å². The number of hydrogen-bond acceptors (Lipinski definition) is 1. The molecule has 0 bridgehead atoms. The summed E-state index contributed by atoms with van der Waals surface area (Å²) in [4.78, 5) is 7.84. The van der Waals surface area contributed by atoms with Gasteiger partial charge in [-0.05, 0) is 41.1 Å². The molecule has 0 radical (unpaired) electrons. The largest absolute Gasteiger partial charge is 0.338 e. The Kier molecular flexibility index (Phi) is 3.17. The average molecular weight is 305 g/mol. The Morgan fingerprint density at radius 1 is 0.864 bits per heavy atom. The van der Waals surface area contributed by atoms with Crippen LogP contribution in [0.15, 0.2) is 60.7 Å². The van der Waals surface area contributed by atoms with Crippen molar-refractivity contribution in [3.63, 3.8) is 0 Å². The van der Waals surface area contributed by atoms with Crippen molar-refractivity contribution in [2.75, 3.05) is 0 Å². The number of rotatable bonds is 2. The van der Waals surface area contributed by atoms with E-state index in [2.05, 4.69) is 22.1 Å². The van der Waals surface area contributed by atoms with Gasteiger partial charge in [0.25, 0.3) is 0 Å². The van der Waals surface area contributed by atoms with Crippen LogP contribution in [0.4, 0.5) is 0 Å². The van der Waals surface area contributed by atoms with E-state index < -0.39 is 0 Å². The highest BCUT2D eigenvalue weighted by Gasteiger charge is 2.04. The summed E-state index contributed by atoms with van der Waals surface area (Å²) in [7, 11) is 0. The normalized spacial score (nSPS) is 11.7. The second-order valence-corrected chi connectivity index (χ2v) is 5.56. The highest BCUT2D eigenvalue weighted by molar-refractivity contribution is 6.33. The summed E-state index contributed by atoms with van der Waals surface area (Å²) >= 11 is 6.37. The lowest BCUT2D eigenvalue weighted by Gasteiger charge is -2.04.